The highest BCUT2D eigenvalue weighted by molar-refractivity contribution is 7.21. The molecule has 0 radical (unpaired) electrons. The van der Waals surface area contributed by atoms with Crippen LogP contribution in [0.1, 0.15) is 91.0 Å². The number of hydrogen-bond acceptors (Lipinski definition) is 4. The Bertz CT molecular complexity index is 3860. The van der Waals surface area contributed by atoms with E-state index in [1.54, 1.807) is 11.3 Å². The Morgan fingerprint density at radius 1 is 0.583 bits per heavy atom. The molecular weight excluding hydrogens is 891 g/mol. The quantitative estimate of drug-likeness (QED) is 0.171. The molecule has 3 nitrogen and oxygen atoms in total. The van der Waals surface area contributed by atoms with E-state index in [2.05, 4.69) is 251 Å². The van der Waals surface area contributed by atoms with Crippen molar-refractivity contribution >= 4 is 60.6 Å². The summed E-state index contributed by atoms with van der Waals surface area (Å²) < 4.78 is 1.25. The van der Waals surface area contributed by atoms with E-state index in [0.29, 0.717) is 0 Å². The van der Waals surface area contributed by atoms with Crippen molar-refractivity contribution < 1.29 is 0 Å². The molecule has 14 rings (SSSR count). The zero-order valence-corrected chi connectivity index (χ0v) is 42.3. The number of anilines is 4. The van der Waals surface area contributed by atoms with Crippen LogP contribution in [-0.4, -0.2) is 4.98 Å². The van der Waals surface area contributed by atoms with Crippen LogP contribution in [-0.2, 0) is 10.8 Å². The Morgan fingerprint density at radius 3 is 1.99 bits per heavy atom. The van der Waals surface area contributed by atoms with E-state index in [4.69, 9.17) is 4.98 Å². The molecule has 2 unspecified atom stereocenters. The van der Waals surface area contributed by atoms with Crippen LogP contribution in [0.15, 0.2) is 229 Å². The van der Waals surface area contributed by atoms with Gasteiger partial charge in [0.1, 0.15) is 5.01 Å². The zero-order valence-electron chi connectivity index (χ0n) is 41.4. The summed E-state index contributed by atoms with van der Waals surface area (Å²) in [5, 5.41) is 3.58. The van der Waals surface area contributed by atoms with Crippen molar-refractivity contribution in [3.63, 3.8) is 0 Å². The first-order chi connectivity index (χ1) is 35.1. The molecule has 3 heterocycles. The van der Waals surface area contributed by atoms with Gasteiger partial charge in [0, 0.05) is 51.0 Å². The fourth-order valence-electron chi connectivity index (χ4n) is 13.1. The average molecular weight is 946 g/mol. The van der Waals surface area contributed by atoms with Crippen LogP contribution >= 0.6 is 11.3 Å². The number of nitrogens with zero attached hydrogens (tertiary/aromatic N) is 3. The molecule has 348 valence electrons. The molecule has 0 spiro atoms. The monoisotopic (exact) mass is 945 g/mol. The van der Waals surface area contributed by atoms with Crippen LogP contribution in [0.3, 0.4) is 0 Å². The predicted molar refractivity (Wildman–Crippen MR) is 303 cm³/mol. The highest BCUT2D eigenvalue weighted by Crippen LogP contribution is 2.57. The Hall–Kier alpha value is -7.79. The molecule has 0 amide bonds. The van der Waals surface area contributed by atoms with Gasteiger partial charge in [0.15, 0.2) is 0 Å². The van der Waals surface area contributed by atoms with Gasteiger partial charge in [-0.05, 0) is 134 Å². The number of allylic oxidation sites excluding steroid dienone is 8. The van der Waals surface area contributed by atoms with Crippen molar-refractivity contribution in [2.75, 3.05) is 9.80 Å². The highest BCUT2D eigenvalue weighted by atomic mass is 32.1. The van der Waals surface area contributed by atoms with Gasteiger partial charge in [-0.2, -0.15) is 0 Å². The molecule has 3 aliphatic carbocycles. The minimum atomic E-state index is -0.157. The number of rotatable bonds is 5. The van der Waals surface area contributed by atoms with Gasteiger partial charge in [-0.15, -0.1) is 11.3 Å². The van der Waals surface area contributed by atoms with Gasteiger partial charge in [-0.3, -0.25) is 0 Å². The van der Waals surface area contributed by atoms with E-state index in [-0.39, 0.29) is 22.7 Å². The number of aromatic nitrogens is 1. The molecule has 0 saturated heterocycles. The molecule has 0 bridgehead atoms. The third-order valence-corrected chi connectivity index (χ3v) is 17.9. The van der Waals surface area contributed by atoms with Gasteiger partial charge in [0.2, 0.25) is 0 Å². The maximum Gasteiger partial charge on any atom is 0.124 e. The summed E-state index contributed by atoms with van der Waals surface area (Å²) in [6, 6.07) is 66.3. The molecule has 4 heteroatoms. The summed E-state index contributed by atoms with van der Waals surface area (Å²) in [4.78, 5) is 10.3. The summed E-state index contributed by atoms with van der Waals surface area (Å²) in [5.74, 6) is 0.0765. The second-order valence-corrected chi connectivity index (χ2v) is 22.4. The van der Waals surface area contributed by atoms with Gasteiger partial charge in [-0.25, -0.2) is 4.98 Å². The van der Waals surface area contributed by atoms with Crippen LogP contribution in [0, 0.1) is 12.8 Å². The maximum absolute atomic E-state index is 5.14. The van der Waals surface area contributed by atoms with Crippen molar-refractivity contribution in [1.29, 1.82) is 0 Å². The number of benzene rings is 8. The first-order valence-corrected chi connectivity index (χ1v) is 26.5. The normalized spacial score (nSPS) is 19.1. The highest BCUT2D eigenvalue weighted by Gasteiger charge is 2.43. The number of fused-ring (bicyclic) bond motifs is 7. The number of para-hydroxylation sites is 3. The van der Waals surface area contributed by atoms with E-state index in [9.17, 15) is 0 Å². The lowest BCUT2D eigenvalue weighted by Gasteiger charge is -2.46. The SMILES string of the molecule is Cc1cccc2nc(-c3ccc(C4=C5C=CC(N6C7=C(C=CCC7)C(C)(C)c7ccccc76)=CC5C(c5ccc6ccccc6c5)c5ccc(N6c7ccccc7C(C)(C)c7ccccc76)cc54)cc3)sc12. The van der Waals surface area contributed by atoms with Crippen molar-refractivity contribution in [2.24, 2.45) is 5.92 Å². The fourth-order valence-corrected chi connectivity index (χ4v) is 14.1. The van der Waals surface area contributed by atoms with E-state index in [1.807, 2.05) is 0 Å². The molecule has 2 aliphatic heterocycles. The molecule has 1 aromatic heterocycles. The summed E-state index contributed by atoms with van der Waals surface area (Å²) in [6.07, 6.45) is 14.4. The molecular formula is C68H55N3S. The maximum atomic E-state index is 5.14. The van der Waals surface area contributed by atoms with Gasteiger partial charge < -0.3 is 9.80 Å². The molecule has 0 fully saturated rings. The van der Waals surface area contributed by atoms with Gasteiger partial charge in [0.05, 0.1) is 21.6 Å². The summed E-state index contributed by atoms with van der Waals surface area (Å²) in [7, 11) is 0. The standard InChI is InChI=1S/C68H55N3S/c1-42-17-16-24-58-65(42)72-66(69-58)45-32-30-44(31-33-45)63-50-37-35-49(71-61-27-14-10-22-56(61)68(4,5)57-23-11-15-28-62(57)71)41-53(50)64(47-34-29-43-18-6-7-19-46(43)39-47)51-38-36-48(40-52(51)63)70-59-25-12-8-20-54(59)67(2,3)55-21-9-13-26-60(55)70/h6-14,16-27,29-41,53,64H,15,28H2,1-5H3. The molecule has 9 aromatic rings. The number of thiazole rings is 1. The van der Waals surface area contributed by atoms with E-state index in [0.717, 1.165) is 34.6 Å². The number of aryl methyl sites for hydroxylation is 1. The van der Waals surface area contributed by atoms with Crippen LogP contribution in [0.2, 0.25) is 0 Å². The Morgan fingerprint density at radius 2 is 1.25 bits per heavy atom. The van der Waals surface area contributed by atoms with Gasteiger partial charge in [0.25, 0.3) is 0 Å². The molecule has 5 aliphatic rings. The van der Waals surface area contributed by atoms with E-state index < -0.39 is 0 Å². The second kappa shape index (κ2) is 16.1. The molecule has 0 saturated carbocycles. The second-order valence-electron chi connectivity index (χ2n) is 21.4. The smallest absolute Gasteiger partial charge is 0.124 e. The predicted octanol–water partition coefficient (Wildman–Crippen LogP) is 18.0. The molecule has 2 atom stereocenters. The first-order valence-electron chi connectivity index (χ1n) is 25.7. The molecule has 8 aromatic carbocycles. The lowest BCUT2D eigenvalue weighted by Crippen LogP contribution is -2.37. The topological polar surface area (TPSA) is 19.4 Å². The minimum Gasteiger partial charge on any atom is -0.314 e. The number of hydrogen-bond donors (Lipinski definition) is 0. The van der Waals surface area contributed by atoms with E-state index in [1.165, 1.54) is 105 Å². The van der Waals surface area contributed by atoms with Crippen LogP contribution in [0.4, 0.5) is 22.7 Å². The summed E-state index contributed by atoms with van der Waals surface area (Å²) in [6.45, 7) is 11.7. The Labute approximate surface area is 427 Å². The van der Waals surface area contributed by atoms with Gasteiger partial charge >= 0.3 is 0 Å². The lowest BCUT2D eigenvalue weighted by molar-refractivity contribution is 0.597. The van der Waals surface area contributed by atoms with E-state index >= 15 is 0 Å². The van der Waals surface area contributed by atoms with Crippen molar-refractivity contribution in [3.8, 4) is 10.6 Å². The third-order valence-electron chi connectivity index (χ3n) is 16.7. The average Bonchev–Trinajstić information content (AvgIpc) is 3.86. The molecule has 72 heavy (non-hydrogen) atoms. The summed E-state index contributed by atoms with van der Waals surface area (Å²) >= 11 is 1.79. The lowest BCUT2D eigenvalue weighted by atomic mass is 9.65. The van der Waals surface area contributed by atoms with Crippen molar-refractivity contribution in [1.82, 2.24) is 4.98 Å². The fraction of sp³-hybridized carbons (Fsp3) is 0.162. The van der Waals surface area contributed by atoms with Gasteiger partial charge in [-0.1, -0.05) is 192 Å². The zero-order chi connectivity index (χ0) is 48.5. The van der Waals surface area contributed by atoms with Crippen molar-refractivity contribution in [2.45, 2.75) is 64.2 Å². The van der Waals surface area contributed by atoms with Crippen LogP contribution in [0.25, 0.3) is 37.1 Å². The minimum absolute atomic E-state index is 0.0361. The Kier molecular flexibility index (Phi) is 9.63. The summed E-state index contributed by atoms with van der Waals surface area (Å²) in [5.41, 5.74) is 24.0. The Balaban J connectivity index is 1.01. The largest absolute Gasteiger partial charge is 0.314 e. The third kappa shape index (κ3) is 6.44. The van der Waals surface area contributed by atoms with Crippen LogP contribution in [0.5, 0.6) is 0 Å². The first kappa shape index (κ1) is 43.0. The van der Waals surface area contributed by atoms with Crippen molar-refractivity contribution in [3.05, 3.63) is 273 Å². The van der Waals surface area contributed by atoms with Crippen LogP contribution < -0.4 is 9.80 Å². The molecule has 0 N–H and O–H groups in total.